The zero-order chi connectivity index (χ0) is 15.0. The second-order valence-corrected chi connectivity index (χ2v) is 6.34. The summed E-state index contributed by atoms with van der Waals surface area (Å²) in [5.74, 6) is 0.203. The van der Waals surface area contributed by atoms with E-state index in [1.807, 2.05) is 31.2 Å². The zero-order valence-corrected chi connectivity index (χ0v) is 13.3. The highest BCUT2D eigenvalue weighted by atomic mass is 79.9. The maximum atomic E-state index is 12.3. The topological polar surface area (TPSA) is 83.8 Å². The van der Waals surface area contributed by atoms with Crippen LogP contribution in [0, 0.1) is 0 Å². The number of hydrogen-bond acceptors (Lipinski definition) is 3. The molecule has 3 rings (SSSR count). The number of benzene rings is 1. The number of nitrogens with one attached hydrogen (secondary N) is 2. The summed E-state index contributed by atoms with van der Waals surface area (Å²) in [5.41, 5.74) is 8.73. The van der Waals surface area contributed by atoms with Gasteiger partial charge in [0.25, 0.3) is 5.91 Å². The Morgan fingerprint density at radius 1 is 1.43 bits per heavy atom. The van der Waals surface area contributed by atoms with Crippen molar-refractivity contribution in [3.63, 3.8) is 0 Å². The first-order chi connectivity index (χ1) is 10.1. The zero-order valence-electron chi connectivity index (χ0n) is 11.7. The number of rotatable bonds is 4. The van der Waals surface area contributed by atoms with Crippen LogP contribution in [-0.2, 0) is 0 Å². The van der Waals surface area contributed by atoms with Gasteiger partial charge in [-0.1, -0.05) is 28.1 Å². The maximum absolute atomic E-state index is 12.3. The molecular weight excluding hydrogens is 332 g/mol. The lowest BCUT2D eigenvalue weighted by molar-refractivity contribution is 0.0935. The highest BCUT2D eigenvalue weighted by Gasteiger charge is 2.30. The van der Waals surface area contributed by atoms with Crippen LogP contribution in [0.25, 0.3) is 0 Å². The van der Waals surface area contributed by atoms with Crippen LogP contribution in [0.3, 0.4) is 0 Å². The SMILES string of the molecule is C[C@@H](NC(=O)c1n[nH]c(C2CC2)c1N)c1ccc(Br)cc1. The van der Waals surface area contributed by atoms with E-state index in [4.69, 9.17) is 5.73 Å². The third kappa shape index (κ3) is 2.95. The van der Waals surface area contributed by atoms with E-state index in [0.717, 1.165) is 28.6 Å². The molecule has 4 N–H and O–H groups in total. The van der Waals surface area contributed by atoms with Gasteiger partial charge in [-0.2, -0.15) is 5.10 Å². The van der Waals surface area contributed by atoms with Crippen molar-refractivity contribution in [3.8, 4) is 0 Å². The molecule has 1 aromatic heterocycles. The fourth-order valence-corrected chi connectivity index (χ4v) is 2.58. The largest absolute Gasteiger partial charge is 0.395 e. The highest BCUT2D eigenvalue weighted by Crippen LogP contribution is 2.42. The average molecular weight is 349 g/mol. The first kappa shape index (κ1) is 14.1. The molecule has 6 heteroatoms. The Labute approximate surface area is 131 Å². The van der Waals surface area contributed by atoms with Gasteiger partial charge in [-0.3, -0.25) is 9.89 Å². The fourth-order valence-electron chi connectivity index (χ4n) is 2.32. The third-order valence-corrected chi connectivity index (χ3v) is 4.28. The van der Waals surface area contributed by atoms with Gasteiger partial charge in [-0.15, -0.1) is 0 Å². The minimum atomic E-state index is -0.244. The molecule has 1 heterocycles. The molecule has 1 amide bonds. The smallest absolute Gasteiger partial charge is 0.274 e. The van der Waals surface area contributed by atoms with E-state index in [1.54, 1.807) is 0 Å². The number of halogens is 1. The lowest BCUT2D eigenvalue weighted by Crippen LogP contribution is -2.27. The number of carbonyl (C=O) groups is 1. The van der Waals surface area contributed by atoms with E-state index in [0.29, 0.717) is 17.3 Å². The van der Waals surface area contributed by atoms with Gasteiger partial charge in [-0.25, -0.2) is 0 Å². The molecule has 0 spiro atoms. The molecule has 2 aromatic rings. The number of H-pyrrole nitrogens is 1. The number of nitrogens with zero attached hydrogens (tertiary/aromatic N) is 1. The number of aromatic amines is 1. The predicted octanol–water partition coefficient (Wildman–Crippen LogP) is 3.12. The molecule has 21 heavy (non-hydrogen) atoms. The van der Waals surface area contributed by atoms with Crippen LogP contribution in [0.15, 0.2) is 28.7 Å². The number of aromatic nitrogens is 2. The number of amides is 1. The molecule has 0 saturated heterocycles. The Hall–Kier alpha value is -1.82. The minimum Gasteiger partial charge on any atom is -0.395 e. The number of nitrogens with two attached hydrogens (primary N) is 1. The number of anilines is 1. The van der Waals surface area contributed by atoms with Crippen molar-refractivity contribution in [2.75, 3.05) is 5.73 Å². The molecule has 1 fully saturated rings. The molecule has 1 saturated carbocycles. The van der Waals surface area contributed by atoms with Crippen molar-refractivity contribution in [2.45, 2.75) is 31.7 Å². The van der Waals surface area contributed by atoms with Gasteiger partial charge in [0, 0.05) is 10.4 Å². The Balaban J connectivity index is 1.72. The minimum absolute atomic E-state index is 0.105. The van der Waals surface area contributed by atoms with Crippen LogP contribution >= 0.6 is 15.9 Å². The molecule has 0 unspecified atom stereocenters. The van der Waals surface area contributed by atoms with Crippen LogP contribution in [0.4, 0.5) is 5.69 Å². The normalized spacial score (nSPS) is 15.7. The van der Waals surface area contributed by atoms with Gasteiger partial charge in [0.05, 0.1) is 17.4 Å². The van der Waals surface area contributed by atoms with Crippen molar-refractivity contribution in [3.05, 3.63) is 45.7 Å². The van der Waals surface area contributed by atoms with Crippen molar-refractivity contribution in [1.29, 1.82) is 0 Å². The fraction of sp³-hybridized carbons (Fsp3) is 0.333. The Morgan fingerprint density at radius 2 is 2.10 bits per heavy atom. The number of nitrogen functional groups attached to an aromatic ring is 1. The van der Waals surface area contributed by atoms with Gasteiger partial charge >= 0.3 is 0 Å². The lowest BCUT2D eigenvalue weighted by Gasteiger charge is -2.13. The summed E-state index contributed by atoms with van der Waals surface area (Å²) in [6, 6.07) is 7.74. The summed E-state index contributed by atoms with van der Waals surface area (Å²) in [4.78, 5) is 12.3. The lowest BCUT2D eigenvalue weighted by atomic mass is 10.1. The van der Waals surface area contributed by atoms with E-state index >= 15 is 0 Å². The predicted molar refractivity (Wildman–Crippen MR) is 85.0 cm³/mol. The van der Waals surface area contributed by atoms with E-state index in [9.17, 15) is 4.79 Å². The third-order valence-electron chi connectivity index (χ3n) is 3.75. The van der Waals surface area contributed by atoms with E-state index in [-0.39, 0.29) is 11.9 Å². The molecule has 1 aliphatic rings. The van der Waals surface area contributed by atoms with Gasteiger partial charge in [0.1, 0.15) is 0 Å². The molecule has 0 radical (unpaired) electrons. The van der Waals surface area contributed by atoms with Gasteiger partial charge in [0.2, 0.25) is 0 Å². The maximum Gasteiger partial charge on any atom is 0.274 e. The summed E-state index contributed by atoms with van der Waals surface area (Å²) in [6.07, 6.45) is 2.23. The summed E-state index contributed by atoms with van der Waals surface area (Å²) in [5, 5.41) is 9.89. The van der Waals surface area contributed by atoms with Crippen LogP contribution in [0.2, 0.25) is 0 Å². The van der Waals surface area contributed by atoms with Crippen LogP contribution < -0.4 is 11.1 Å². The van der Waals surface area contributed by atoms with E-state index in [1.165, 1.54) is 0 Å². The molecule has 1 aromatic carbocycles. The molecule has 1 aliphatic carbocycles. The molecule has 5 nitrogen and oxygen atoms in total. The van der Waals surface area contributed by atoms with Crippen LogP contribution in [0.5, 0.6) is 0 Å². The number of carbonyl (C=O) groups excluding carboxylic acids is 1. The van der Waals surface area contributed by atoms with Crippen molar-refractivity contribution < 1.29 is 4.79 Å². The van der Waals surface area contributed by atoms with Gasteiger partial charge < -0.3 is 11.1 Å². The van der Waals surface area contributed by atoms with Crippen molar-refractivity contribution in [2.24, 2.45) is 0 Å². The van der Waals surface area contributed by atoms with Crippen molar-refractivity contribution >= 4 is 27.5 Å². The standard InChI is InChI=1S/C15H17BrN4O/c1-8(9-4-6-11(16)7-5-9)18-15(21)14-12(17)13(19-20-14)10-2-3-10/h4-8,10H,2-3,17H2,1H3,(H,18,21)(H,19,20)/t8-/m1/s1. The molecular formula is C15H17BrN4O. The Kier molecular flexibility index (Phi) is 3.71. The molecule has 1 atom stereocenters. The second-order valence-electron chi connectivity index (χ2n) is 5.42. The van der Waals surface area contributed by atoms with Crippen LogP contribution in [-0.4, -0.2) is 16.1 Å². The monoisotopic (exact) mass is 348 g/mol. The summed E-state index contributed by atoms with van der Waals surface area (Å²) >= 11 is 3.40. The van der Waals surface area contributed by atoms with Gasteiger partial charge in [-0.05, 0) is 37.5 Å². The Bertz CT molecular complexity index is 661. The Morgan fingerprint density at radius 3 is 2.71 bits per heavy atom. The van der Waals surface area contributed by atoms with Gasteiger partial charge in [0.15, 0.2) is 5.69 Å². The summed E-state index contributed by atoms with van der Waals surface area (Å²) in [7, 11) is 0. The van der Waals surface area contributed by atoms with E-state index < -0.39 is 0 Å². The molecule has 0 bridgehead atoms. The average Bonchev–Trinajstić information content (AvgIpc) is 3.22. The number of hydrogen-bond donors (Lipinski definition) is 3. The molecule has 110 valence electrons. The summed E-state index contributed by atoms with van der Waals surface area (Å²) in [6.45, 7) is 1.94. The van der Waals surface area contributed by atoms with Crippen LogP contribution in [0.1, 0.15) is 53.5 Å². The highest BCUT2D eigenvalue weighted by molar-refractivity contribution is 9.10. The quantitative estimate of drug-likeness (QED) is 0.793. The van der Waals surface area contributed by atoms with E-state index in [2.05, 4.69) is 31.4 Å². The first-order valence-electron chi connectivity index (χ1n) is 6.96. The summed E-state index contributed by atoms with van der Waals surface area (Å²) < 4.78 is 1.01. The van der Waals surface area contributed by atoms with Crippen molar-refractivity contribution in [1.82, 2.24) is 15.5 Å². The first-order valence-corrected chi connectivity index (χ1v) is 7.75. The molecule has 0 aliphatic heterocycles. The second kappa shape index (κ2) is 5.52.